The summed E-state index contributed by atoms with van der Waals surface area (Å²) in [6.07, 6.45) is 5.83. The maximum atomic E-state index is 14.0. The fourth-order valence-electron chi connectivity index (χ4n) is 8.04. The predicted molar refractivity (Wildman–Crippen MR) is 250 cm³/mol. The number of aliphatic imine (C=N–C) groups is 1. The average Bonchev–Trinajstić information content (AvgIpc) is 4.05. The van der Waals surface area contributed by atoms with E-state index in [0.29, 0.717) is 37.9 Å². The molecule has 1 aliphatic carbocycles. The van der Waals surface area contributed by atoms with E-state index in [9.17, 15) is 14.4 Å². The lowest BCUT2D eigenvalue weighted by Crippen LogP contribution is -2.44. The third kappa shape index (κ3) is 9.80. The normalized spacial score (nSPS) is 14.4. The smallest absolute Gasteiger partial charge is 0.250 e. The summed E-state index contributed by atoms with van der Waals surface area (Å²) in [6, 6.07) is 30.2. The molecule has 1 fully saturated rings. The highest BCUT2D eigenvalue weighted by atomic mass is 16.2. The monoisotopic (exact) mass is 819 g/mol. The van der Waals surface area contributed by atoms with Gasteiger partial charge in [0, 0.05) is 49.0 Å². The van der Waals surface area contributed by atoms with Crippen LogP contribution in [0.4, 0.5) is 11.4 Å². The van der Waals surface area contributed by atoms with Crippen LogP contribution in [-0.2, 0) is 20.9 Å². The van der Waals surface area contributed by atoms with Crippen LogP contribution in [0.1, 0.15) is 91.1 Å². The van der Waals surface area contributed by atoms with Crippen molar-refractivity contribution in [2.45, 2.75) is 92.3 Å². The Morgan fingerprint density at radius 2 is 1.57 bits per heavy atom. The molecule has 6 aromatic rings. The summed E-state index contributed by atoms with van der Waals surface area (Å²) >= 11 is 0. The molecular formula is C51H61N7O3. The van der Waals surface area contributed by atoms with E-state index in [2.05, 4.69) is 105 Å². The lowest BCUT2D eigenvalue weighted by atomic mass is 9.97. The van der Waals surface area contributed by atoms with Gasteiger partial charge in [-0.25, -0.2) is 4.98 Å². The molecule has 7 rings (SSSR count). The number of rotatable bonds is 18. The maximum Gasteiger partial charge on any atom is 0.250 e. The molecule has 1 heterocycles. The van der Waals surface area contributed by atoms with Gasteiger partial charge in [-0.3, -0.25) is 19.4 Å². The zero-order valence-electron chi connectivity index (χ0n) is 36.8. The quantitative estimate of drug-likeness (QED) is 0.0745. The minimum Gasteiger partial charge on any atom is -0.386 e. The Bertz CT molecular complexity index is 2540. The number of hydrogen-bond acceptors (Lipinski definition) is 6. The molecule has 0 radical (unpaired) electrons. The summed E-state index contributed by atoms with van der Waals surface area (Å²) in [5.74, 6) is 1.46. The fraction of sp³-hybridized carbons (Fsp3) is 0.392. The zero-order chi connectivity index (χ0) is 43.2. The van der Waals surface area contributed by atoms with Gasteiger partial charge in [0.05, 0.1) is 35.5 Å². The number of H-pyrrole nitrogens is 1. The Balaban J connectivity index is 1.09. The van der Waals surface area contributed by atoms with Crippen LogP contribution in [0, 0.1) is 17.8 Å². The van der Waals surface area contributed by atoms with E-state index >= 15 is 0 Å². The van der Waals surface area contributed by atoms with Crippen LogP contribution in [0.25, 0.3) is 43.7 Å². The Labute approximate surface area is 360 Å². The molecular weight excluding hydrogens is 759 g/mol. The van der Waals surface area contributed by atoms with E-state index < -0.39 is 6.04 Å². The molecule has 3 amide bonds. The Kier molecular flexibility index (Phi) is 13.5. The molecule has 3 atom stereocenters. The van der Waals surface area contributed by atoms with Crippen molar-refractivity contribution in [2.24, 2.45) is 22.7 Å². The van der Waals surface area contributed by atoms with Gasteiger partial charge >= 0.3 is 0 Å². The van der Waals surface area contributed by atoms with Gasteiger partial charge in [0.2, 0.25) is 17.7 Å². The van der Waals surface area contributed by atoms with Gasteiger partial charge in [-0.2, -0.15) is 0 Å². The number of aromatic nitrogens is 2. The third-order valence-corrected chi connectivity index (χ3v) is 12.4. The second kappa shape index (κ2) is 19.1. The minimum atomic E-state index is -0.740. The largest absolute Gasteiger partial charge is 0.386 e. The molecule has 10 nitrogen and oxygen atoms in total. The van der Waals surface area contributed by atoms with E-state index in [1.54, 1.807) is 11.1 Å². The van der Waals surface area contributed by atoms with E-state index in [1.807, 2.05) is 55.3 Å². The van der Waals surface area contributed by atoms with Crippen LogP contribution in [-0.4, -0.2) is 69.9 Å². The summed E-state index contributed by atoms with van der Waals surface area (Å²) in [5.41, 5.74) is 6.55. The maximum absolute atomic E-state index is 14.0. The van der Waals surface area contributed by atoms with Crippen LogP contribution >= 0.6 is 0 Å². The molecule has 5 aromatic carbocycles. The number of amides is 3. The number of nitrogens with one attached hydrogen (secondary N) is 3. The number of aromatic amines is 1. The predicted octanol–water partition coefficient (Wildman–Crippen LogP) is 10.6. The number of imidazole rings is 1. The van der Waals surface area contributed by atoms with Crippen LogP contribution < -0.4 is 10.6 Å². The number of anilines is 1. The van der Waals surface area contributed by atoms with Crippen molar-refractivity contribution in [2.75, 3.05) is 25.5 Å². The summed E-state index contributed by atoms with van der Waals surface area (Å²) in [6.45, 7) is 14.1. The zero-order valence-corrected chi connectivity index (χ0v) is 36.8. The molecule has 3 N–H and O–H groups in total. The van der Waals surface area contributed by atoms with Crippen molar-refractivity contribution in [1.29, 1.82) is 0 Å². The first kappa shape index (κ1) is 43.1. The van der Waals surface area contributed by atoms with Gasteiger partial charge in [-0.1, -0.05) is 108 Å². The van der Waals surface area contributed by atoms with E-state index in [-0.39, 0.29) is 29.7 Å². The molecule has 0 bridgehead atoms. The van der Waals surface area contributed by atoms with Crippen molar-refractivity contribution in [3.63, 3.8) is 0 Å². The molecule has 61 heavy (non-hydrogen) atoms. The first-order valence-corrected chi connectivity index (χ1v) is 22.1. The van der Waals surface area contributed by atoms with Gasteiger partial charge in [0.15, 0.2) is 0 Å². The molecule has 0 saturated heterocycles. The number of nitrogens with zero attached hydrogens (tertiary/aromatic N) is 4. The molecule has 0 spiro atoms. The first-order valence-electron chi connectivity index (χ1n) is 22.1. The van der Waals surface area contributed by atoms with Gasteiger partial charge in [0.1, 0.15) is 11.9 Å². The highest BCUT2D eigenvalue weighted by molar-refractivity contribution is 6.06. The molecule has 1 saturated carbocycles. The van der Waals surface area contributed by atoms with Crippen LogP contribution in [0.5, 0.6) is 0 Å². The summed E-state index contributed by atoms with van der Waals surface area (Å²) in [7, 11) is 1.90. The fourth-order valence-corrected chi connectivity index (χ4v) is 8.04. The lowest BCUT2D eigenvalue weighted by molar-refractivity contribution is -0.136. The van der Waals surface area contributed by atoms with Crippen LogP contribution in [0.15, 0.2) is 96.0 Å². The Hall–Kier alpha value is -6.03. The topological polar surface area (TPSA) is 123 Å². The van der Waals surface area contributed by atoms with E-state index in [0.717, 1.165) is 92.2 Å². The molecule has 318 valence electrons. The summed E-state index contributed by atoms with van der Waals surface area (Å²) in [4.78, 5) is 57.4. The Morgan fingerprint density at radius 3 is 2.23 bits per heavy atom. The van der Waals surface area contributed by atoms with Crippen LogP contribution in [0.3, 0.4) is 0 Å². The number of benzene rings is 5. The first-order chi connectivity index (χ1) is 29.5. The second-order valence-electron chi connectivity index (χ2n) is 17.2. The number of carbonyl (C=O) groups excluding carboxylic acids is 3. The SMILES string of the molecule is CCCN(C/C=N/c1ccc2cc(-c3ccc4c(ccc5nc(CN(C(=O)CC(C)CC)[C@H](C)C(C)C)[nH]c54)c3)ccc2c1NC)C(=O)[C@H](NC(=O)C1CC1)c1ccccc1. The van der Waals surface area contributed by atoms with Crippen molar-refractivity contribution in [1.82, 2.24) is 25.1 Å². The number of fused-ring (bicyclic) bond motifs is 4. The molecule has 1 unspecified atom stereocenters. The molecule has 1 aromatic heterocycles. The lowest BCUT2D eigenvalue weighted by Gasteiger charge is -2.32. The van der Waals surface area contributed by atoms with Crippen molar-refractivity contribution >= 4 is 67.9 Å². The van der Waals surface area contributed by atoms with Crippen molar-refractivity contribution in [3.8, 4) is 11.1 Å². The van der Waals surface area contributed by atoms with E-state index in [4.69, 9.17) is 9.98 Å². The molecule has 10 heteroatoms. The molecule has 0 aliphatic heterocycles. The van der Waals surface area contributed by atoms with Crippen molar-refractivity contribution in [3.05, 3.63) is 102 Å². The van der Waals surface area contributed by atoms with Crippen LogP contribution in [0.2, 0.25) is 0 Å². The summed E-state index contributed by atoms with van der Waals surface area (Å²) in [5, 5.41) is 10.7. The summed E-state index contributed by atoms with van der Waals surface area (Å²) < 4.78 is 0. The van der Waals surface area contributed by atoms with Gasteiger partial charge in [-0.15, -0.1) is 0 Å². The highest BCUT2D eigenvalue weighted by Crippen LogP contribution is 2.37. The molecule has 1 aliphatic rings. The standard InChI is InChI=1S/C51H61N7O3/c1-8-26-57(51(61)47(35-13-11-10-12-14-35)56-50(60)36-15-16-36)27-25-53-43-23-19-39-29-37(17-21-41(39)48(43)52-7)38-18-22-42-40(30-38)20-24-44-49(42)55-45(54-44)31-58(34(6)32(3)4)46(59)28-33(5)9-2/h10-14,17-25,29-30,32-34,36,47,52H,8-9,15-16,26-28,31H2,1-7H3,(H,54,55)(H,56,60)/b53-25+/t33?,34-,47-/m1/s1. The second-order valence-corrected chi connectivity index (χ2v) is 17.2. The highest BCUT2D eigenvalue weighted by Gasteiger charge is 2.34. The van der Waals surface area contributed by atoms with Gasteiger partial charge < -0.3 is 25.4 Å². The van der Waals surface area contributed by atoms with Gasteiger partial charge in [0.25, 0.3) is 0 Å². The number of hydrogen-bond donors (Lipinski definition) is 3. The third-order valence-electron chi connectivity index (χ3n) is 12.4. The minimum absolute atomic E-state index is 0.000382. The van der Waals surface area contributed by atoms with Gasteiger partial charge in [-0.05, 0) is 89.8 Å². The van der Waals surface area contributed by atoms with E-state index in [1.165, 1.54) is 0 Å². The van der Waals surface area contributed by atoms with Crippen molar-refractivity contribution < 1.29 is 14.4 Å². The average molecular weight is 820 g/mol. The number of carbonyl (C=O) groups is 3. The Morgan fingerprint density at radius 1 is 0.885 bits per heavy atom.